The first-order chi connectivity index (χ1) is 13.1. The SMILES string of the molecule is O=C1C(=O)N(CC2CCCO2)C(c2ccco2)/C1=C(\O)c1ccc(F)cc1. The van der Waals surface area contributed by atoms with Crippen molar-refractivity contribution in [3.63, 3.8) is 0 Å². The van der Waals surface area contributed by atoms with Crippen LogP contribution in [0.3, 0.4) is 0 Å². The molecule has 2 aliphatic rings. The highest BCUT2D eigenvalue weighted by Gasteiger charge is 2.48. The number of ether oxygens (including phenoxy) is 1. The van der Waals surface area contributed by atoms with Crippen LogP contribution >= 0.6 is 0 Å². The van der Waals surface area contributed by atoms with E-state index < -0.39 is 23.5 Å². The molecular formula is C20H18FNO5. The molecule has 2 unspecified atom stereocenters. The summed E-state index contributed by atoms with van der Waals surface area (Å²) in [6.45, 7) is 0.853. The lowest BCUT2D eigenvalue weighted by Crippen LogP contribution is -2.36. The van der Waals surface area contributed by atoms with Crippen LogP contribution in [0.4, 0.5) is 4.39 Å². The maximum atomic E-state index is 13.2. The van der Waals surface area contributed by atoms with E-state index in [2.05, 4.69) is 0 Å². The molecule has 0 bridgehead atoms. The van der Waals surface area contributed by atoms with Gasteiger partial charge in [0.25, 0.3) is 11.7 Å². The molecule has 7 heteroatoms. The molecule has 140 valence electrons. The van der Waals surface area contributed by atoms with Gasteiger partial charge in [0.1, 0.15) is 23.4 Å². The zero-order valence-corrected chi connectivity index (χ0v) is 14.4. The number of Topliss-reactive ketones (excluding diaryl/α,β-unsaturated/α-hetero) is 1. The Morgan fingerprint density at radius 3 is 2.63 bits per heavy atom. The molecule has 2 saturated heterocycles. The lowest BCUT2D eigenvalue weighted by Gasteiger charge is -2.25. The van der Waals surface area contributed by atoms with Crippen LogP contribution in [0.5, 0.6) is 0 Å². The van der Waals surface area contributed by atoms with Gasteiger partial charge in [-0.25, -0.2) is 4.39 Å². The van der Waals surface area contributed by atoms with Gasteiger partial charge >= 0.3 is 0 Å². The van der Waals surface area contributed by atoms with Crippen molar-refractivity contribution >= 4 is 17.4 Å². The smallest absolute Gasteiger partial charge is 0.295 e. The van der Waals surface area contributed by atoms with Crippen LogP contribution < -0.4 is 0 Å². The van der Waals surface area contributed by atoms with E-state index in [-0.39, 0.29) is 29.5 Å². The summed E-state index contributed by atoms with van der Waals surface area (Å²) in [4.78, 5) is 26.8. The number of carbonyl (C=O) groups excluding carboxylic acids is 2. The number of rotatable bonds is 4. The molecule has 1 amide bonds. The first-order valence-corrected chi connectivity index (χ1v) is 8.75. The number of likely N-dealkylation sites (tertiary alicyclic amines) is 1. The molecule has 1 aromatic carbocycles. The Balaban J connectivity index is 1.78. The number of aliphatic hydroxyl groups excluding tert-OH is 1. The first-order valence-electron chi connectivity index (χ1n) is 8.75. The van der Waals surface area contributed by atoms with Gasteiger partial charge in [0.05, 0.1) is 17.9 Å². The molecule has 1 aromatic heterocycles. The van der Waals surface area contributed by atoms with Gasteiger partial charge in [-0.2, -0.15) is 0 Å². The number of carbonyl (C=O) groups is 2. The average Bonchev–Trinajstić information content (AvgIpc) is 3.40. The molecule has 0 radical (unpaired) electrons. The van der Waals surface area contributed by atoms with E-state index in [1.165, 1.54) is 35.4 Å². The van der Waals surface area contributed by atoms with Crippen LogP contribution in [0.15, 0.2) is 52.7 Å². The predicted octanol–water partition coefficient (Wildman–Crippen LogP) is 3.02. The Bertz CT molecular complexity index is 882. The van der Waals surface area contributed by atoms with Crippen molar-refractivity contribution in [1.29, 1.82) is 0 Å². The number of halogens is 1. The molecule has 3 heterocycles. The molecular weight excluding hydrogens is 353 g/mol. The number of furan rings is 1. The third-order valence-corrected chi connectivity index (χ3v) is 4.89. The van der Waals surface area contributed by atoms with E-state index in [9.17, 15) is 19.1 Å². The first kappa shape index (κ1) is 17.5. The molecule has 0 spiro atoms. The summed E-state index contributed by atoms with van der Waals surface area (Å²) in [5, 5.41) is 10.7. The molecule has 4 rings (SSSR count). The molecule has 6 nitrogen and oxygen atoms in total. The van der Waals surface area contributed by atoms with Gasteiger partial charge < -0.3 is 19.2 Å². The van der Waals surface area contributed by atoms with Crippen molar-refractivity contribution in [2.75, 3.05) is 13.2 Å². The molecule has 1 N–H and O–H groups in total. The molecule has 2 fully saturated rings. The lowest BCUT2D eigenvalue weighted by atomic mass is 9.99. The van der Waals surface area contributed by atoms with Gasteiger partial charge in [-0.15, -0.1) is 0 Å². The van der Waals surface area contributed by atoms with Crippen LogP contribution in [0.2, 0.25) is 0 Å². The van der Waals surface area contributed by atoms with Gasteiger partial charge in [-0.3, -0.25) is 9.59 Å². The fourth-order valence-electron chi connectivity index (χ4n) is 3.58. The van der Waals surface area contributed by atoms with Gasteiger partial charge in [-0.1, -0.05) is 0 Å². The zero-order valence-electron chi connectivity index (χ0n) is 14.4. The van der Waals surface area contributed by atoms with E-state index >= 15 is 0 Å². The molecule has 0 aliphatic carbocycles. The standard InChI is InChI=1S/C20H18FNO5/c21-13-7-5-12(6-8-13)18(23)16-17(15-4-2-10-27-15)22(20(25)19(16)24)11-14-3-1-9-26-14/h2,4-8,10,14,17,23H,1,3,9,11H2/b18-16+. The molecule has 0 saturated carbocycles. The molecule has 2 atom stereocenters. The summed E-state index contributed by atoms with van der Waals surface area (Å²) in [7, 11) is 0. The third-order valence-electron chi connectivity index (χ3n) is 4.89. The summed E-state index contributed by atoms with van der Waals surface area (Å²) in [6.07, 6.45) is 2.98. The maximum Gasteiger partial charge on any atom is 0.295 e. The largest absolute Gasteiger partial charge is 0.507 e. The van der Waals surface area contributed by atoms with Gasteiger partial charge in [0.2, 0.25) is 0 Å². The van der Waals surface area contributed by atoms with Gasteiger partial charge in [0, 0.05) is 18.7 Å². The monoisotopic (exact) mass is 371 g/mol. The minimum absolute atomic E-state index is 0.0699. The maximum absolute atomic E-state index is 13.2. The lowest BCUT2D eigenvalue weighted by molar-refractivity contribution is -0.141. The second-order valence-electron chi connectivity index (χ2n) is 6.61. The second kappa shape index (κ2) is 7.00. The average molecular weight is 371 g/mol. The number of benzene rings is 1. The number of nitrogens with zero attached hydrogens (tertiary/aromatic N) is 1. The Kier molecular flexibility index (Phi) is 4.53. The normalized spacial score (nSPS) is 24.7. The number of aliphatic hydroxyl groups is 1. The van der Waals surface area contributed by atoms with Gasteiger partial charge in [-0.05, 0) is 49.2 Å². The molecule has 27 heavy (non-hydrogen) atoms. The summed E-state index contributed by atoms with van der Waals surface area (Å²) in [5.41, 5.74) is 0.183. The zero-order chi connectivity index (χ0) is 19.0. The van der Waals surface area contributed by atoms with Crippen molar-refractivity contribution in [2.24, 2.45) is 0 Å². The fourth-order valence-corrected chi connectivity index (χ4v) is 3.58. The number of hydrogen-bond donors (Lipinski definition) is 1. The van der Waals surface area contributed by atoms with Crippen LogP contribution in [0.25, 0.3) is 5.76 Å². The number of ketones is 1. The topological polar surface area (TPSA) is 80.0 Å². The van der Waals surface area contributed by atoms with Crippen LogP contribution in [-0.4, -0.2) is 41.0 Å². The highest BCUT2D eigenvalue weighted by Crippen LogP contribution is 2.40. The van der Waals surface area contributed by atoms with E-state index in [0.717, 1.165) is 12.8 Å². The number of amides is 1. The summed E-state index contributed by atoms with van der Waals surface area (Å²) in [6, 6.07) is 7.53. The number of hydrogen-bond acceptors (Lipinski definition) is 5. The van der Waals surface area contributed by atoms with Crippen molar-refractivity contribution in [3.8, 4) is 0 Å². The summed E-state index contributed by atoms with van der Waals surface area (Å²) in [5.74, 6) is -1.96. The predicted molar refractivity (Wildman–Crippen MR) is 93.1 cm³/mol. The quantitative estimate of drug-likeness (QED) is 0.508. The van der Waals surface area contributed by atoms with Crippen LogP contribution in [0, 0.1) is 5.82 Å². The molecule has 2 aliphatic heterocycles. The minimum Gasteiger partial charge on any atom is -0.507 e. The molecule has 2 aromatic rings. The van der Waals surface area contributed by atoms with E-state index in [0.29, 0.717) is 12.4 Å². The van der Waals surface area contributed by atoms with Crippen molar-refractivity contribution < 1.29 is 28.2 Å². The Morgan fingerprint density at radius 1 is 1.22 bits per heavy atom. The highest BCUT2D eigenvalue weighted by atomic mass is 19.1. The van der Waals surface area contributed by atoms with Crippen LogP contribution in [-0.2, 0) is 14.3 Å². The summed E-state index contributed by atoms with van der Waals surface area (Å²) < 4.78 is 24.3. The van der Waals surface area contributed by atoms with Crippen molar-refractivity contribution in [3.05, 3.63) is 65.4 Å². The Hall–Kier alpha value is -2.93. The van der Waals surface area contributed by atoms with Crippen molar-refractivity contribution in [1.82, 2.24) is 4.90 Å². The van der Waals surface area contributed by atoms with E-state index in [1.54, 1.807) is 12.1 Å². The van der Waals surface area contributed by atoms with Crippen LogP contribution in [0.1, 0.15) is 30.2 Å². The van der Waals surface area contributed by atoms with Crippen molar-refractivity contribution in [2.45, 2.75) is 25.0 Å². The van der Waals surface area contributed by atoms with E-state index in [1.807, 2.05) is 0 Å². The Labute approximate surface area is 154 Å². The fraction of sp³-hybridized carbons (Fsp3) is 0.300. The highest BCUT2D eigenvalue weighted by molar-refractivity contribution is 6.46. The van der Waals surface area contributed by atoms with Gasteiger partial charge in [0.15, 0.2) is 0 Å². The van der Waals surface area contributed by atoms with E-state index in [4.69, 9.17) is 9.15 Å². The summed E-state index contributed by atoms with van der Waals surface area (Å²) >= 11 is 0. The Morgan fingerprint density at radius 2 is 2.00 bits per heavy atom. The third kappa shape index (κ3) is 3.14. The second-order valence-corrected chi connectivity index (χ2v) is 6.61. The minimum atomic E-state index is -0.853.